The maximum Gasteiger partial charge on any atom is 0.275 e. The fraction of sp³-hybridized carbons (Fsp3) is 0.444. The lowest BCUT2D eigenvalue weighted by molar-refractivity contribution is -0.128. The first-order valence-electron chi connectivity index (χ1n) is 9.21. The highest BCUT2D eigenvalue weighted by Crippen LogP contribution is 2.27. The van der Waals surface area contributed by atoms with Crippen molar-refractivity contribution in [2.75, 3.05) is 31.1 Å². The topological polar surface area (TPSA) is 87.7 Å². The molecule has 2 amide bonds. The molecule has 4 rings (SSSR count). The molecule has 30 heavy (non-hydrogen) atoms. The summed E-state index contributed by atoms with van der Waals surface area (Å²) in [6.45, 7) is 2.14. The standard InChI is InChI=1S/C18H18F3N5O3S/c1-9(27)25-7-14(21)15(8-25)22-18(28)16-17(24-30-23-16)26-5-11(6-26)29-10-2-3-12(19)13(20)4-10/h2-4,11,14-15H,5-8H2,1H3,(H,22,28)/t14?,15-/m1/s1. The van der Waals surface area contributed by atoms with Gasteiger partial charge in [0.05, 0.1) is 37.4 Å². The molecule has 2 aromatic rings. The zero-order valence-electron chi connectivity index (χ0n) is 15.8. The van der Waals surface area contributed by atoms with Crippen molar-refractivity contribution in [1.82, 2.24) is 19.0 Å². The molecule has 1 unspecified atom stereocenters. The second-order valence-corrected chi connectivity index (χ2v) is 7.71. The van der Waals surface area contributed by atoms with Gasteiger partial charge in [0.15, 0.2) is 23.1 Å². The van der Waals surface area contributed by atoms with Gasteiger partial charge in [-0.25, -0.2) is 13.2 Å². The quantitative estimate of drug-likeness (QED) is 0.755. The Labute approximate surface area is 173 Å². The van der Waals surface area contributed by atoms with Crippen molar-refractivity contribution < 1.29 is 27.5 Å². The van der Waals surface area contributed by atoms with Gasteiger partial charge in [0.25, 0.3) is 5.91 Å². The van der Waals surface area contributed by atoms with Gasteiger partial charge in [-0.05, 0) is 12.1 Å². The number of nitrogens with one attached hydrogen (secondary N) is 1. The molecule has 0 radical (unpaired) electrons. The van der Waals surface area contributed by atoms with Crippen molar-refractivity contribution in [3.63, 3.8) is 0 Å². The number of aromatic nitrogens is 2. The number of likely N-dealkylation sites (tertiary alicyclic amines) is 1. The van der Waals surface area contributed by atoms with Crippen LogP contribution in [0.25, 0.3) is 0 Å². The zero-order chi connectivity index (χ0) is 21.4. The summed E-state index contributed by atoms with van der Waals surface area (Å²) in [5, 5.41) is 2.58. The molecule has 2 fully saturated rings. The summed E-state index contributed by atoms with van der Waals surface area (Å²) in [6.07, 6.45) is -1.65. The van der Waals surface area contributed by atoms with Crippen LogP contribution in [0.1, 0.15) is 17.4 Å². The summed E-state index contributed by atoms with van der Waals surface area (Å²) in [6, 6.07) is 2.49. The van der Waals surface area contributed by atoms with Gasteiger partial charge < -0.3 is 19.9 Å². The van der Waals surface area contributed by atoms with E-state index < -0.39 is 29.8 Å². The zero-order valence-corrected chi connectivity index (χ0v) is 16.7. The van der Waals surface area contributed by atoms with E-state index in [0.29, 0.717) is 18.9 Å². The van der Waals surface area contributed by atoms with Crippen LogP contribution in [0.4, 0.5) is 19.0 Å². The normalized spacial score (nSPS) is 21.5. The molecule has 2 saturated heterocycles. The van der Waals surface area contributed by atoms with E-state index in [9.17, 15) is 22.8 Å². The van der Waals surface area contributed by atoms with Gasteiger partial charge in [-0.2, -0.15) is 8.75 Å². The Hall–Kier alpha value is -2.89. The highest BCUT2D eigenvalue weighted by atomic mass is 32.1. The van der Waals surface area contributed by atoms with E-state index in [4.69, 9.17) is 4.74 Å². The van der Waals surface area contributed by atoms with Crippen LogP contribution in [0, 0.1) is 11.6 Å². The lowest BCUT2D eigenvalue weighted by atomic mass is 10.1. The lowest BCUT2D eigenvalue weighted by Crippen LogP contribution is -2.54. The van der Waals surface area contributed by atoms with E-state index in [1.807, 2.05) is 0 Å². The third-order valence-electron chi connectivity index (χ3n) is 5.04. The van der Waals surface area contributed by atoms with Gasteiger partial charge in [-0.15, -0.1) is 0 Å². The van der Waals surface area contributed by atoms with E-state index in [1.165, 1.54) is 17.9 Å². The number of ether oxygens (including phenoxy) is 1. The van der Waals surface area contributed by atoms with Crippen LogP contribution in [0.2, 0.25) is 0 Å². The smallest absolute Gasteiger partial charge is 0.275 e. The molecular weight excluding hydrogens is 423 g/mol. The van der Waals surface area contributed by atoms with Crippen molar-refractivity contribution in [3.05, 3.63) is 35.5 Å². The number of nitrogens with zero attached hydrogens (tertiary/aromatic N) is 4. The van der Waals surface area contributed by atoms with Crippen molar-refractivity contribution in [1.29, 1.82) is 0 Å². The van der Waals surface area contributed by atoms with E-state index in [-0.39, 0.29) is 36.5 Å². The van der Waals surface area contributed by atoms with Crippen molar-refractivity contribution in [2.24, 2.45) is 0 Å². The Kier molecular flexibility index (Phi) is 5.50. The maximum atomic E-state index is 14.1. The van der Waals surface area contributed by atoms with Gasteiger partial charge >= 0.3 is 0 Å². The molecule has 160 valence electrons. The second kappa shape index (κ2) is 8.09. The van der Waals surface area contributed by atoms with Crippen LogP contribution < -0.4 is 15.0 Å². The van der Waals surface area contributed by atoms with E-state index in [1.54, 1.807) is 4.90 Å². The van der Waals surface area contributed by atoms with Crippen LogP contribution in [0.5, 0.6) is 5.75 Å². The predicted molar refractivity (Wildman–Crippen MR) is 101 cm³/mol. The minimum absolute atomic E-state index is 0.0580. The lowest BCUT2D eigenvalue weighted by Gasteiger charge is -2.39. The molecule has 12 heteroatoms. The largest absolute Gasteiger partial charge is 0.487 e. The molecule has 1 aromatic carbocycles. The van der Waals surface area contributed by atoms with E-state index in [0.717, 1.165) is 23.9 Å². The van der Waals surface area contributed by atoms with Crippen LogP contribution in [-0.2, 0) is 4.79 Å². The molecule has 0 saturated carbocycles. The first-order valence-corrected chi connectivity index (χ1v) is 9.94. The Morgan fingerprint density at radius 3 is 2.60 bits per heavy atom. The number of alkyl halides is 1. The van der Waals surface area contributed by atoms with Crippen LogP contribution in [0.3, 0.4) is 0 Å². The second-order valence-electron chi connectivity index (χ2n) is 7.18. The maximum absolute atomic E-state index is 14.1. The van der Waals surface area contributed by atoms with E-state index >= 15 is 0 Å². The van der Waals surface area contributed by atoms with Gasteiger partial charge in [0.1, 0.15) is 18.0 Å². The van der Waals surface area contributed by atoms with E-state index in [2.05, 4.69) is 14.1 Å². The van der Waals surface area contributed by atoms with Gasteiger partial charge in [0, 0.05) is 19.5 Å². The summed E-state index contributed by atoms with van der Waals surface area (Å²) >= 11 is 0.852. The Balaban J connectivity index is 1.34. The molecule has 0 bridgehead atoms. The highest BCUT2D eigenvalue weighted by Gasteiger charge is 2.38. The predicted octanol–water partition coefficient (Wildman–Crippen LogP) is 1.38. The molecule has 1 N–H and O–H groups in total. The van der Waals surface area contributed by atoms with Crippen molar-refractivity contribution in [2.45, 2.75) is 25.2 Å². The monoisotopic (exact) mass is 441 g/mol. The minimum atomic E-state index is -1.36. The number of hydrogen-bond donors (Lipinski definition) is 1. The fourth-order valence-corrected chi connectivity index (χ4v) is 3.92. The summed E-state index contributed by atoms with van der Waals surface area (Å²) in [7, 11) is 0. The molecule has 2 aliphatic heterocycles. The Morgan fingerprint density at radius 1 is 1.17 bits per heavy atom. The van der Waals surface area contributed by atoms with Crippen molar-refractivity contribution in [3.8, 4) is 5.75 Å². The van der Waals surface area contributed by atoms with Crippen LogP contribution in [-0.4, -0.2) is 70.0 Å². The molecule has 8 nitrogen and oxygen atoms in total. The first-order chi connectivity index (χ1) is 14.3. The molecule has 0 aliphatic carbocycles. The third-order valence-corrected chi connectivity index (χ3v) is 5.56. The summed E-state index contributed by atoms with van der Waals surface area (Å²) < 4.78 is 54.1. The Morgan fingerprint density at radius 2 is 1.93 bits per heavy atom. The minimum Gasteiger partial charge on any atom is -0.487 e. The number of halogens is 3. The van der Waals surface area contributed by atoms with Gasteiger partial charge in [0.2, 0.25) is 5.91 Å². The number of rotatable bonds is 5. The average molecular weight is 441 g/mol. The SMILES string of the molecule is CC(=O)N1CC(F)[C@H](NC(=O)c2nsnc2N2CC(Oc3ccc(F)c(F)c3)C2)C1. The molecular formula is C18H18F3N5O3S. The average Bonchev–Trinajstić information content (AvgIpc) is 3.28. The number of hydrogen-bond acceptors (Lipinski definition) is 7. The molecule has 1 aromatic heterocycles. The van der Waals surface area contributed by atoms with Crippen LogP contribution in [0.15, 0.2) is 18.2 Å². The molecule has 0 spiro atoms. The number of carbonyl (C=O) groups is 2. The number of benzene rings is 1. The van der Waals surface area contributed by atoms with Gasteiger partial charge in [-0.1, -0.05) is 0 Å². The number of amides is 2. The summed E-state index contributed by atoms with van der Waals surface area (Å²) in [4.78, 5) is 27.1. The summed E-state index contributed by atoms with van der Waals surface area (Å²) in [5.41, 5.74) is 0.0692. The van der Waals surface area contributed by atoms with Gasteiger partial charge in [-0.3, -0.25) is 9.59 Å². The highest BCUT2D eigenvalue weighted by molar-refractivity contribution is 6.99. The molecule has 2 aliphatic rings. The molecule has 2 atom stereocenters. The number of carbonyl (C=O) groups excluding carboxylic acids is 2. The third kappa shape index (κ3) is 4.04. The Bertz CT molecular complexity index is 968. The first kappa shape index (κ1) is 20.4. The van der Waals surface area contributed by atoms with Crippen molar-refractivity contribution >= 4 is 29.4 Å². The number of anilines is 1. The van der Waals surface area contributed by atoms with Crippen LogP contribution >= 0.6 is 11.7 Å². The fourth-order valence-electron chi connectivity index (χ4n) is 3.36. The summed E-state index contributed by atoms with van der Waals surface area (Å²) in [5.74, 6) is -2.21. The molecule has 3 heterocycles.